The van der Waals surface area contributed by atoms with E-state index in [1.54, 1.807) is 20.8 Å². The highest BCUT2D eigenvalue weighted by Gasteiger charge is 2.53. The van der Waals surface area contributed by atoms with Gasteiger partial charge >= 0.3 is 6.09 Å². The molecule has 4 nitrogen and oxygen atoms in total. The molecule has 0 aliphatic heterocycles. The molecule has 0 spiro atoms. The van der Waals surface area contributed by atoms with E-state index in [1.165, 1.54) is 0 Å². The number of carbonyl (C=O) groups excluding carboxylic acids is 2. The second-order valence-electron chi connectivity index (χ2n) is 4.89. The second kappa shape index (κ2) is 3.26. The fraction of sp³-hybridized carbons (Fsp3) is 0.800. The van der Waals surface area contributed by atoms with Gasteiger partial charge in [-0.05, 0) is 33.1 Å². The maximum atomic E-state index is 11.3. The lowest BCUT2D eigenvalue weighted by molar-refractivity contribution is -0.110. The molecule has 2 atom stereocenters. The molecule has 1 rings (SSSR count). The van der Waals surface area contributed by atoms with Crippen LogP contribution in [-0.2, 0) is 9.53 Å². The molecule has 14 heavy (non-hydrogen) atoms. The molecule has 1 aliphatic rings. The number of nitrogens with one attached hydrogen (secondary N) is 1. The van der Waals surface area contributed by atoms with Crippen LogP contribution in [-0.4, -0.2) is 23.5 Å². The number of hydrogen-bond acceptors (Lipinski definition) is 3. The van der Waals surface area contributed by atoms with E-state index >= 15 is 0 Å². The van der Waals surface area contributed by atoms with Gasteiger partial charge in [0.1, 0.15) is 17.4 Å². The Kier molecular flexibility index (Phi) is 2.56. The minimum atomic E-state index is -0.664. The van der Waals surface area contributed by atoms with Crippen LogP contribution in [0.3, 0.4) is 0 Å². The van der Waals surface area contributed by atoms with E-state index in [0.717, 1.165) is 6.29 Å². The minimum absolute atomic E-state index is 0.215. The summed E-state index contributed by atoms with van der Waals surface area (Å²) in [7, 11) is 0. The maximum absolute atomic E-state index is 11.3. The van der Waals surface area contributed by atoms with E-state index in [9.17, 15) is 9.59 Å². The molecule has 0 aromatic rings. The van der Waals surface area contributed by atoms with Crippen molar-refractivity contribution in [3.8, 4) is 0 Å². The Hall–Kier alpha value is -1.06. The maximum Gasteiger partial charge on any atom is 0.408 e. The summed E-state index contributed by atoms with van der Waals surface area (Å²) in [5.41, 5.74) is -1.19. The summed E-state index contributed by atoms with van der Waals surface area (Å²) in [6.45, 7) is 7.29. The fourth-order valence-electron chi connectivity index (χ4n) is 1.31. The van der Waals surface area contributed by atoms with Crippen molar-refractivity contribution >= 4 is 12.4 Å². The average Bonchev–Trinajstić information content (AvgIpc) is 2.58. The number of ether oxygens (including phenoxy) is 1. The zero-order valence-electron chi connectivity index (χ0n) is 9.09. The molecule has 0 aromatic heterocycles. The van der Waals surface area contributed by atoms with E-state index in [1.807, 2.05) is 6.92 Å². The minimum Gasteiger partial charge on any atom is -0.444 e. The van der Waals surface area contributed by atoms with Gasteiger partial charge in [-0.25, -0.2) is 4.79 Å². The first-order valence-electron chi connectivity index (χ1n) is 4.76. The van der Waals surface area contributed by atoms with Gasteiger partial charge in [-0.15, -0.1) is 0 Å². The number of rotatable bonds is 2. The zero-order valence-corrected chi connectivity index (χ0v) is 9.09. The summed E-state index contributed by atoms with van der Waals surface area (Å²) >= 11 is 0. The smallest absolute Gasteiger partial charge is 0.408 e. The Morgan fingerprint density at radius 1 is 1.57 bits per heavy atom. The van der Waals surface area contributed by atoms with Gasteiger partial charge in [0.25, 0.3) is 0 Å². The van der Waals surface area contributed by atoms with E-state index in [-0.39, 0.29) is 5.92 Å². The Morgan fingerprint density at radius 3 is 2.36 bits per heavy atom. The van der Waals surface area contributed by atoms with Crippen LogP contribution < -0.4 is 5.32 Å². The van der Waals surface area contributed by atoms with Crippen molar-refractivity contribution in [3.05, 3.63) is 0 Å². The van der Waals surface area contributed by atoms with E-state index < -0.39 is 17.2 Å². The van der Waals surface area contributed by atoms with Crippen molar-refractivity contribution in [1.82, 2.24) is 5.32 Å². The normalized spacial score (nSPS) is 30.7. The van der Waals surface area contributed by atoms with Crippen LogP contribution >= 0.6 is 0 Å². The molecule has 0 saturated heterocycles. The summed E-state index contributed by atoms with van der Waals surface area (Å²) < 4.78 is 5.05. The zero-order chi connectivity index (χ0) is 11.0. The molecule has 1 N–H and O–H groups in total. The van der Waals surface area contributed by atoms with Gasteiger partial charge in [-0.2, -0.15) is 0 Å². The molecule has 4 heteroatoms. The first-order chi connectivity index (χ1) is 6.29. The van der Waals surface area contributed by atoms with Gasteiger partial charge in [0, 0.05) is 0 Å². The Balaban J connectivity index is 2.46. The molecule has 1 aliphatic carbocycles. The van der Waals surface area contributed by atoms with E-state index in [2.05, 4.69) is 5.32 Å². The number of aldehydes is 1. The van der Waals surface area contributed by atoms with Crippen LogP contribution in [0.2, 0.25) is 0 Å². The molecule has 0 radical (unpaired) electrons. The third-order valence-electron chi connectivity index (χ3n) is 2.31. The van der Waals surface area contributed by atoms with Crippen molar-refractivity contribution < 1.29 is 14.3 Å². The lowest BCUT2D eigenvalue weighted by Gasteiger charge is -2.21. The monoisotopic (exact) mass is 199 g/mol. The van der Waals surface area contributed by atoms with Gasteiger partial charge in [0.2, 0.25) is 0 Å². The molecule has 2 unspecified atom stereocenters. The lowest BCUT2D eigenvalue weighted by atomic mass is 10.2. The van der Waals surface area contributed by atoms with Crippen LogP contribution in [0.25, 0.3) is 0 Å². The molecule has 1 saturated carbocycles. The molecule has 0 bridgehead atoms. The highest BCUT2D eigenvalue weighted by atomic mass is 16.6. The fourth-order valence-corrected chi connectivity index (χ4v) is 1.31. The molecule has 0 aromatic carbocycles. The first kappa shape index (κ1) is 11.0. The molecular weight excluding hydrogens is 182 g/mol. The van der Waals surface area contributed by atoms with Crippen LogP contribution in [0.1, 0.15) is 34.1 Å². The summed E-state index contributed by atoms with van der Waals surface area (Å²) in [6, 6.07) is 0. The summed E-state index contributed by atoms with van der Waals surface area (Å²) in [5.74, 6) is 0.215. The summed E-state index contributed by atoms with van der Waals surface area (Å²) in [6.07, 6.45) is 0.978. The van der Waals surface area contributed by atoms with Gasteiger partial charge in [-0.1, -0.05) is 6.92 Å². The van der Waals surface area contributed by atoms with Crippen molar-refractivity contribution in [2.45, 2.75) is 45.3 Å². The van der Waals surface area contributed by atoms with Crippen molar-refractivity contribution in [3.63, 3.8) is 0 Å². The standard InChI is InChI=1S/C10H17NO3/c1-7-5-10(7,6-12)11-8(13)14-9(2,3)4/h6-7H,5H2,1-4H3,(H,11,13). The SMILES string of the molecule is CC1CC1(C=O)NC(=O)OC(C)(C)C. The Bertz CT molecular complexity index is 257. The predicted octanol–water partition coefficient (Wildman–Crippen LogP) is 1.49. The van der Waals surface area contributed by atoms with E-state index in [4.69, 9.17) is 4.74 Å². The summed E-state index contributed by atoms with van der Waals surface area (Å²) in [5, 5.41) is 2.59. The first-order valence-corrected chi connectivity index (χ1v) is 4.76. The Morgan fingerprint density at radius 2 is 2.07 bits per heavy atom. The van der Waals surface area contributed by atoms with Crippen molar-refractivity contribution in [1.29, 1.82) is 0 Å². The third kappa shape index (κ3) is 2.47. The largest absolute Gasteiger partial charge is 0.444 e. The predicted molar refractivity (Wildman–Crippen MR) is 51.9 cm³/mol. The molecule has 1 fully saturated rings. The highest BCUT2D eigenvalue weighted by Crippen LogP contribution is 2.41. The molecule has 80 valence electrons. The topological polar surface area (TPSA) is 55.4 Å². The number of amides is 1. The average molecular weight is 199 g/mol. The van der Waals surface area contributed by atoms with Crippen LogP contribution in [0, 0.1) is 5.92 Å². The van der Waals surface area contributed by atoms with Gasteiger partial charge in [0.05, 0.1) is 0 Å². The number of alkyl carbamates (subject to hydrolysis) is 1. The third-order valence-corrected chi connectivity index (χ3v) is 2.31. The number of hydrogen-bond donors (Lipinski definition) is 1. The summed E-state index contributed by atoms with van der Waals surface area (Å²) in [4.78, 5) is 22.1. The van der Waals surface area contributed by atoms with Crippen LogP contribution in [0.15, 0.2) is 0 Å². The molecule has 1 amide bonds. The van der Waals surface area contributed by atoms with Crippen LogP contribution in [0.5, 0.6) is 0 Å². The highest BCUT2D eigenvalue weighted by molar-refractivity contribution is 5.80. The number of carbonyl (C=O) groups is 2. The Labute approximate surface area is 84.0 Å². The van der Waals surface area contributed by atoms with Crippen molar-refractivity contribution in [2.75, 3.05) is 0 Å². The second-order valence-corrected chi connectivity index (χ2v) is 4.89. The molecular formula is C10H17NO3. The van der Waals surface area contributed by atoms with Crippen molar-refractivity contribution in [2.24, 2.45) is 5.92 Å². The lowest BCUT2D eigenvalue weighted by Crippen LogP contribution is -2.42. The van der Waals surface area contributed by atoms with Gasteiger partial charge in [-0.3, -0.25) is 0 Å². The van der Waals surface area contributed by atoms with Crippen LogP contribution in [0.4, 0.5) is 4.79 Å². The quantitative estimate of drug-likeness (QED) is 0.685. The van der Waals surface area contributed by atoms with Gasteiger partial charge < -0.3 is 14.8 Å². The van der Waals surface area contributed by atoms with Gasteiger partial charge in [0.15, 0.2) is 0 Å². The molecule has 0 heterocycles. The van der Waals surface area contributed by atoms with E-state index in [0.29, 0.717) is 6.42 Å².